The molecule has 2 fully saturated rings. The van der Waals surface area contributed by atoms with Crippen molar-refractivity contribution in [2.24, 2.45) is 5.92 Å². The first kappa shape index (κ1) is 17.6. The fourth-order valence-electron chi connectivity index (χ4n) is 3.33. The zero-order valence-electron chi connectivity index (χ0n) is 13.5. The van der Waals surface area contributed by atoms with E-state index < -0.39 is 11.7 Å². The highest BCUT2D eigenvalue weighted by Gasteiger charge is 2.40. The van der Waals surface area contributed by atoms with Crippen LogP contribution in [0.5, 0.6) is 0 Å². The first-order valence-electron chi connectivity index (χ1n) is 8.20. The number of alkyl halides is 3. The molecular formula is C17H21F3N2OS. The number of rotatable bonds is 3. The van der Waals surface area contributed by atoms with Gasteiger partial charge in [0, 0.05) is 6.54 Å². The van der Waals surface area contributed by atoms with Gasteiger partial charge in [-0.15, -0.1) is 11.8 Å². The van der Waals surface area contributed by atoms with E-state index in [1.54, 1.807) is 11.0 Å². The number of amides is 1. The Hall–Kier alpha value is -1.21. The predicted octanol–water partition coefficient (Wildman–Crippen LogP) is 3.67. The molecule has 1 amide bonds. The Morgan fingerprint density at radius 2 is 2.00 bits per heavy atom. The topological polar surface area (TPSA) is 32.3 Å². The smallest absolute Gasteiger partial charge is 0.325 e. The second kappa shape index (κ2) is 6.96. The average Bonchev–Trinajstić information content (AvgIpc) is 2.84. The second-order valence-electron chi connectivity index (χ2n) is 6.44. The largest absolute Gasteiger partial charge is 0.416 e. The molecule has 0 saturated carbocycles. The van der Waals surface area contributed by atoms with Gasteiger partial charge in [-0.05, 0) is 56.5 Å². The maximum atomic E-state index is 13.0. The van der Waals surface area contributed by atoms with Crippen molar-refractivity contribution in [3.05, 3.63) is 35.4 Å². The molecule has 2 heterocycles. The van der Waals surface area contributed by atoms with Crippen LogP contribution >= 0.6 is 11.8 Å². The molecule has 2 unspecified atom stereocenters. The lowest BCUT2D eigenvalue weighted by molar-refractivity contribution is -0.137. The average molecular weight is 358 g/mol. The van der Waals surface area contributed by atoms with Crippen molar-refractivity contribution in [2.45, 2.75) is 36.6 Å². The van der Waals surface area contributed by atoms with Gasteiger partial charge < -0.3 is 10.2 Å². The number of benzene rings is 1. The number of hydrogen-bond donors (Lipinski definition) is 1. The van der Waals surface area contributed by atoms with Gasteiger partial charge in [-0.25, -0.2) is 0 Å². The first-order chi connectivity index (χ1) is 11.4. The third-order valence-corrected chi connectivity index (χ3v) is 6.05. The Morgan fingerprint density at radius 3 is 2.67 bits per heavy atom. The van der Waals surface area contributed by atoms with Crippen LogP contribution in [0.25, 0.3) is 0 Å². The maximum Gasteiger partial charge on any atom is 0.416 e. The van der Waals surface area contributed by atoms with E-state index in [0.717, 1.165) is 32.0 Å². The normalized spacial score (nSPS) is 26.2. The number of nitrogens with zero attached hydrogens (tertiary/aromatic N) is 1. The van der Waals surface area contributed by atoms with Gasteiger partial charge in [0.1, 0.15) is 5.37 Å². The van der Waals surface area contributed by atoms with E-state index in [-0.39, 0.29) is 16.5 Å². The third kappa shape index (κ3) is 3.72. The molecule has 2 atom stereocenters. The molecule has 0 radical (unpaired) electrons. The summed E-state index contributed by atoms with van der Waals surface area (Å²) in [5.41, 5.74) is -0.101. The monoisotopic (exact) mass is 358 g/mol. The molecule has 0 bridgehead atoms. The van der Waals surface area contributed by atoms with Crippen molar-refractivity contribution in [1.82, 2.24) is 10.2 Å². The molecule has 3 rings (SSSR count). The Bertz CT molecular complexity index is 602. The van der Waals surface area contributed by atoms with E-state index >= 15 is 0 Å². The number of hydrogen-bond acceptors (Lipinski definition) is 3. The van der Waals surface area contributed by atoms with Crippen LogP contribution < -0.4 is 5.32 Å². The molecule has 132 valence electrons. The van der Waals surface area contributed by atoms with Gasteiger partial charge >= 0.3 is 6.18 Å². The lowest BCUT2D eigenvalue weighted by Gasteiger charge is -2.31. The number of nitrogens with one attached hydrogen (secondary N) is 1. The summed E-state index contributed by atoms with van der Waals surface area (Å²) in [7, 11) is 0. The first-order valence-corrected chi connectivity index (χ1v) is 9.14. The van der Waals surface area contributed by atoms with Crippen molar-refractivity contribution in [3.63, 3.8) is 0 Å². The highest BCUT2D eigenvalue weighted by molar-refractivity contribution is 8.01. The van der Waals surface area contributed by atoms with Crippen LogP contribution in [-0.4, -0.2) is 35.7 Å². The van der Waals surface area contributed by atoms with Gasteiger partial charge in [-0.3, -0.25) is 4.79 Å². The van der Waals surface area contributed by atoms with Crippen LogP contribution in [0.4, 0.5) is 13.2 Å². The Balaban J connectivity index is 1.83. The maximum absolute atomic E-state index is 13.0. The number of carbonyl (C=O) groups is 1. The quantitative estimate of drug-likeness (QED) is 0.895. The molecule has 3 nitrogen and oxygen atoms in total. The molecule has 24 heavy (non-hydrogen) atoms. The lowest BCUT2D eigenvalue weighted by Crippen LogP contribution is -2.38. The molecule has 2 aliphatic heterocycles. The minimum Gasteiger partial charge on any atom is -0.325 e. The molecule has 2 aliphatic rings. The summed E-state index contributed by atoms with van der Waals surface area (Å²) in [6.45, 7) is 4.32. The zero-order chi connectivity index (χ0) is 17.3. The number of thioether (sulfide) groups is 1. The summed E-state index contributed by atoms with van der Waals surface area (Å²) in [6.07, 6.45) is -2.37. The SMILES string of the molecule is CC1SC(c2cccc(C(F)(F)F)c2)N(CC2CCNCC2)C1=O. The Kier molecular flexibility index (Phi) is 5.11. The summed E-state index contributed by atoms with van der Waals surface area (Å²) in [4.78, 5) is 14.3. The molecule has 2 saturated heterocycles. The van der Waals surface area contributed by atoms with Crippen molar-refractivity contribution in [1.29, 1.82) is 0 Å². The molecule has 0 aromatic heterocycles. The predicted molar refractivity (Wildman–Crippen MR) is 88.5 cm³/mol. The van der Waals surface area contributed by atoms with Gasteiger partial charge in [0.25, 0.3) is 0 Å². The van der Waals surface area contributed by atoms with Crippen LogP contribution in [0.2, 0.25) is 0 Å². The third-order valence-electron chi connectivity index (χ3n) is 4.66. The van der Waals surface area contributed by atoms with Gasteiger partial charge in [-0.1, -0.05) is 12.1 Å². The summed E-state index contributed by atoms with van der Waals surface area (Å²) in [6, 6.07) is 5.37. The van der Waals surface area contributed by atoms with Crippen LogP contribution in [0.3, 0.4) is 0 Å². The summed E-state index contributed by atoms with van der Waals surface area (Å²) < 4.78 is 39.0. The minimum absolute atomic E-state index is 0.0287. The highest BCUT2D eigenvalue weighted by atomic mass is 32.2. The summed E-state index contributed by atoms with van der Waals surface area (Å²) >= 11 is 1.44. The van der Waals surface area contributed by atoms with E-state index in [2.05, 4.69) is 5.32 Å². The fraction of sp³-hybridized carbons (Fsp3) is 0.588. The van der Waals surface area contributed by atoms with Gasteiger partial charge in [0.2, 0.25) is 5.91 Å². The van der Waals surface area contributed by atoms with E-state index in [1.165, 1.54) is 23.9 Å². The van der Waals surface area contributed by atoms with E-state index in [0.29, 0.717) is 18.0 Å². The molecular weight excluding hydrogens is 337 g/mol. The fourth-order valence-corrected chi connectivity index (χ4v) is 4.61. The van der Waals surface area contributed by atoms with Gasteiger partial charge in [0.15, 0.2) is 0 Å². The molecule has 7 heteroatoms. The van der Waals surface area contributed by atoms with E-state index in [1.807, 2.05) is 6.92 Å². The van der Waals surface area contributed by atoms with Crippen LogP contribution in [0, 0.1) is 5.92 Å². The lowest BCUT2D eigenvalue weighted by atomic mass is 9.97. The standard InChI is InChI=1S/C17H21F3N2OS/c1-11-15(23)22(10-12-5-7-21-8-6-12)16(24-11)13-3-2-4-14(9-13)17(18,19)20/h2-4,9,11-12,16,21H,5-8,10H2,1H3. The number of halogens is 3. The zero-order valence-corrected chi connectivity index (χ0v) is 14.3. The molecule has 0 spiro atoms. The van der Waals surface area contributed by atoms with Crippen molar-refractivity contribution < 1.29 is 18.0 Å². The minimum atomic E-state index is -4.37. The van der Waals surface area contributed by atoms with E-state index in [9.17, 15) is 18.0 Å². The van der Waals surface area contributed by atoms with Crippen molar-refractivity contribution >= 4 is 17.7 Å². The van der Waals surface area contributed by atoms with Crippen molar-refractivity contribution in [3.8, 4) is 0 Å². The number of carbonyl (C=O) groups excluding carboxylic acids is 1. The summed E-state index contributed by atoms with van der Waals surface area (Å²) in [5, 5.41) is 2.75. The Morgan fingerprint density at radius 1 is 1.29 bits per heavy atom. The molecule has 0 aliphatic carbocycles. The molecule has 1 N–H and O–H groups in total. The van der Waals surface area contributed by atoms with Crippen LogP contribution in [-0.2, 0) is 11.0 Å². The molecule has 1 aromatic carbocycles. The summed E-state index contributed by atoms with van der Waals surface area (Å²) in [5.74, 6) is 0.440. The molecule has 1 aromatic rings. The second-order valence-corrected chi connectivity index (χ2v) is 7.86. The van der Waals surface area contributed by atoms with Crippen molar-refractivity contribution in [2.75, 3.05) is 19.6 Å². The van der Waals surface area contributed by atoms with Crippen LogP contribution in [0.1, 0.15) is 36.3 Å². The van der Waals surface area contributed by atoms with Gasteiger partial charge in [-0.2, -0.15) is 13.2 Å². The van der Waals surface area contributed by atoms with E-state index in [4.69, 9.17) is 0 Å². The van der Waals surface area contributed by atoms with Crippen LogP contribution in [0.15, 0.2) is 24.3 Å². The highest BCUT2D eigenvalue weighted by Crippen LogP contribution is 2.44. The van der Waals surface area contributed by atoms with Gasteiger partial charge in [0.05, 0.1) is 10.8 Å². The Labute approximate surface area is 144 Å². The number of piperidine rings is 1.